The second kappa shape index (κ2) is 5.38. The molecule has 1 atom stereocenters. The normalized spacial score (nSPS) is 20.9. The van der Waals surface area contributed by atoms with Crippen molar-refractivity contribution in [2.75, 3.05) is 13.2 Å². The molecule has 1 rings (SSSR count). The van der Waals surface area contributed by atoms with Crippen molar-refractivity contribution in [1.82, 2.24) is 4.90 Å². The van der Waals surface area contributed by atoms with Crippen LogP contribution in [0.3, 0.4) is 0 Å². The number of esters is 1. The highest BCUT2D eigenvalue weighted by Crippen LogP contribution is 2.18. The Balaban J connectivity index is 2.50. The lowest BCUT2D eigenvalue weighted by atomic mass is 10.2. The molecule has 1 saturated heterocycles. The molecular formula is C10H15NO4. The Bertz CT molecular complexity index is 275. The van der Waals surface area contributed by atoms with Crippen molar-refractivity contribution in [3.63, 3.8) is 0 Å². The lowest BCUT2D eigenvalue weighted by Gasteiger charge is -2.17. The third-order valence-corrected chi connectivity index (χ3v) is 2.29. The molecule has 5 nitrogen and oxygen atoms in total. The predicted octanol–water partition coefficient (Wildman–Crippen LogP) is 1.25. The third kappa shape index (κ3) is 3.27. The summed E-state index contributed by atoms with van der Waals surface area (Å²) in [6.07, 6.45) is 3.56. The van der Waals surface area contributed by atoms with Crippen LogP contribution in [-0.4, -0.2) is 41.3 Å². The van der Waals surface area contributed by atoms with Crippen molar-refractivity contribution >= 4 is 12.1 Å². The number of hydrogen-bond donors (Lipinski definition) is 1. The summed E-state index contributed by atoms with van der Waals surface area (Å²) >= 11 is 0. The highest BCUT2D eigenvalue weighted by atomic mass is 16.5. The molecule has 0 aromatic heterocycles. The molecule has 1 heterocycles. The van der Waals surface area contributed by atoms with Crippen LogP contribution in [0.15, 0.2) is 12.2 Å². The molecule has 1 aliphatic heterocycles. The Labute approximate surface area is 88.3 Å². The zero-order chi connectivity index (χ0) is 11.3. The van der Waals surface area contributed by atoms with Crippen LogP contribution in [0, 0.1) is 0 Å². The minimum absolute atomic E-state index is 0.188. The average Bonchev–Trinajstić information content (AvgIpc) is 2.63. The van der Waals surface area contributed by atoms with E-state index < -0.39 is 12.1 Å². The maximum atomic E-state index is 11.0. The molecule has 5 heteroatoms. The van der Waals surface area contributed by atoms with Gasteiger partial charge in [-0.25, -0.2) is 9.59 Å². The second-order valence-electron chi connectivity index (χ2n) is 3.30. The van der Waals surface area contributed by atoms with Crippen LogP contribution < -0.4 is 0 Å². The highest BCUT2D eigenvalue weighted by molar-refractivity contribution is 5.82. The van der Waals surface area contributed by atoms with Crippen LogP contribution in [0.1, 0.15) is 19.8 Å². The van der Waals surface area contributed by atoms with Crippen LogP contribution in [0.25, 0.3) is 0 Å². The van der Waals surface area contributed by atoms with Gasteiger partial charge in [-0.2, -0.15) is 0 Å². The number of hydrogen-bond acceptors (Lipinski definition) is 3. The smallest absolute Gasteiger partial charge is 0.407 e. The first-order valence-corrected chi connectivity index (χ1v) is 4.99. The number of amides is 1. The lowest BCUT2D eigenvalue weighted by Crippen LogP contribution is -2.32. The molecule has 84 valence electrons. The Morgan fingerprint density at radius 1 is 1.60 bits per heavy atom. The second-order valence-corrected chi connectivity index (χ2v) is 3.30. The summed E-state index contributed by atoms with van der Waals surface area (Å²) in [5.74, 6) is -0.422. The minimum Gasteiger partial charge on any atom is -0.465 e. The van der Waals surface area contributed by atoms with Gasteiger partial charge in [0.25, 0.3) is 0 Å². The summed E-state index contributed by atoms with van der Waals surface area (Å²) in [5.41, 5.74) is 0. The maximum absolute atomic E-state index is 11.0. The molecule has 0 saturated carbocycles. The number of likely N-dealkylation sites (tertiary alicyclic amines) is 1. The zero-order valence-corrected chi connectivity index (χ0v) is 8.68. The summed E-state index contributed by atoms with van der Waals surface area (Å²) in [7, 11) is 0. The minimum atomic E-state index is -0.939. The molecule has 15 heavy (non-hydrogen) atoms. The van der Waals surface area contributed by atoms with Crippen molar-refractivity contribution in [3.8, 4) is 0 Å². The van der Waals surface area contributed by atoms with Gasteiger partial charge >= 0.3 is 12.1 Å². The number of carbonyl (C=O) groups is 2. The number of rotatable bonds is 3. The fraction of sp³-hybridized carbons (Fsp3) is 0.600. The SMILES string of the molecule is CCOC(=O)C=C[C@H]1CCCN1C(=O)O. The van der Waals surface area contributed by atoms with E-state index in [1.165, 1.54) is 11.0 Å². The fourth-order valence-corrected chi connectivity index (χ4v) is 1.61. The maximum Gasteiger partial charge on any atom is 0.407 e. The van der Waals surface area contributed by atoms with E-state index in [9.17, 15) is 9.59 Å². The quantitative estimate of drug-likeness (QED) is 0.566. The van der Waals surface area contributed by atoms with Gasteiger partial charge < -0.3 is 14.7 Å². The van der Waals surface area contributed by atoms with Gasteiger partial charge in [-0.05, 0) is 19.8 Å². The standard InChI is InChI=1S/C10H15NO4/c1-2-15-9(12)6-5-8-4-3-7-11(8)10(13)14/h5-6,8H,2-4,7H2,1H3,(H,13,14)/t8-/m1/s1. The van der Waals surface area contributed by atoms with Crippen LogP contribution in [0.5, 0.6) is 0 Å². The molecule has 1 amide bonds. The number of carboxylic acid groups (broad SMARTS) is 1. The van der Waals surface area contributed by atoms with E-state index in [0.717, 1.165) is 12.8 Å². The van der Waals surface area contributed by atoms with Crippen molar-refractivity contribution in [3.05, 3.63) is 12.2 Å². The summed E-state index contributed by atoms with van der Waals surface area (Å²) in [6, 6.07) is -0.188. The topological polar surface area (TPSA) is 66.8 Å². The molecule has 0 bridgehead atoms. The first-order chi connectivity index (χ1) is 7.15. The zero-order valence-electron chi connectivity index (χ0n) is 8.68. The van der Waals surface area contributed by atoms with Crippen molar-refractivity contribution in [2.24, 2.45) is 0 Å². The largest absolute Gasteiger partial charge is 0.465 e. The molecule has 0 aliphatic carbocycles. The monoisotopic (exact) mass is 213 g/mol. The van der Waals surface area contributed by atoms with Gasteiger partial charge in [-0.3, -0.25) is 0 Å². The van der Waals surface area contributed by atoms with Crippen molar-refractivity contribution in [1.29, 1.82) is 0 Å². The Hall–Kier alpha value is -1.52. The molecule has 0 aromatic carbocycles. The number of carbonyl (C=O) groups excluding carboxylic acids is 1. The van der Waals surface area contributed by atoms with Crippen LogP contribution in [-0.2, 0) is 9.53 Å². The van der Waals surface area contributed by atoms with E-state index in [0.29, 0.717) is 13.2 Å². The predicted molar refractivity (Wildman–Crippen MR) is 53.5 cm³/mol. The fourth-order valence-electron chi connectivity index (χ4n) is 1.61. The molecule has 0 spiro atoms. The van der Waals surface area contributed by atoms with E-state index >= 15 is 0 Å². The molecule has 0 aromatic rings. The summed E-state index contributed by atoms with van der Waals surface area (Å²) < 4.78 is 4.71. The van der Waals surface area contributed by atoms with Gasteiger partial charge in [0.2, 0.25) is 0 Å². The van der Waals surface area contributed by atoms with Crippen molar-refractivity contribution < 1.29 is 19.4 Å². The van der Waals surface area contributed by atoms with E-state index in [1.807, 2.05) is 0 Å². The lowest BCUT2D eigenvalue weighted by molar-refractivity contribution is -0.137. The molecule has 0 unspecified atom stereocenters. The van der Waals surface area contributed by atoms with Crippen LogP contribution in [0.4, 0.5) is 4.79 Å². The van der Waals surface area contributed by atoms with Crippen LogP contribution >= 0.6 is 0 Å². The molecular weight excluding hydrogens is 198 g/mol. The third-order valence-electron chi connectivity index (χ3n) is 2.29. The van der Waals surface area contributed by atoms with Gasteiger partial charge in [0.15, 0.2) is 0 Å². The first-order valence-electron chi connectivity index (χ1n) is 4.99. The van der Waals surface area contributed by atoms with Gasteiger partial charge in [-0.15, -0.1) is 0 Å². The Kier molecular flexibility index (Phi) is 4.15. The van der Waals surface area contributed by atoms with Crippen molar-refractivity contribution in [2.45, 2.75) is 25.8 Å². The van der Waals surface area contributed by atoms with Gasteiger partial charge in [0, 0.05) is 12.6 Å². The molecule has 1 fully saturated rings. The summed E-state index contributed by atoms with van der Waals surface area (Å²) in [6.45, 7) is 2.59. The van der Waals surface area contributed by atoms with E-state index in [-0.39, 0.29) is 6.04 Å². The van der Waals surface area contributed by atoms with E-state index in [4.69, 9.17) is 9.84 Å². The number of ether oxygens (including phenoxy) is 1. The summed E-state index contributed by atoms with van der Waals surface area (Å²) in [4.78, 5) is 23.1. The molecule has 1 N–H and O–H groups in total. The van der Waals surface area contributed by atoms with Crippen LogP contribution in [0.2, 0.25) is 0 Å². The van der Waals surface area contributed by atoms with Gasteiger partial charge in [-0.1, -0.05) is 6.08 Å². The Morgan fingerprint density at radius 3 is 2.93 bits per heavy atom. The molecule has 0 radical (unpaired) electrons. The van der Waals surface area contributed by atoms with E-state index in [1.54, 1.807) is 13.0 Å². The van der Waals surface area contributed by atoms with Gasteiger partial charge in [0.1, 0.15) is 0 Å². The average molecular weight is 213 g/mol. The summed E-state index contributed by atoms with van der Waals surface area (Å²) in [5, 5.41) is 8.83. The first kappa shape index (κ1) is 11.6. The highest BCUT2D eigenvalue weighted by Gasteiger charge is 2.26. The van der Waals surface area contributed by atoms with E-state index in [2.05, 4.69) is 0 Å². The van der Waals surface area contributed by atoms with Gasteiger partial charge in [0.05, 0.1) is 12.6 Å². The number of nitrogens with zero attached hydrogens (tertiary/aromatic N) is 1. The molecule has 1 aliphatic rings. The Morgan fingerprint density at radius 2 is 2.33 bits per heavy atom.